The maximum absolute atomic E-state index is 3.96. The number of nitrogens with zero attached hydrogens (tertiary/aromatic N) is 1. The highest BCUT2D eigenvalue weighted by atomic mass is 15.1. The van der Waals surface area contributed by atoms with E-state index in [9.17, 15) is 0 Å². The van der Waals surface area contributed by atoms with Crippen molar-refractivity contribution in [2.75, 3.05) is 14.1 Å². The van der Waals surface area contributed by atoms with Crippen molar-refractivity contribution >= 4 is 0 Å². The normalized spacial score (nSPS) is 12.4. The summed E-state index contributed by atoms with van der Waals surface area (Å²) in [4.78, 5) is 2.06. The van der Waals surface area contributed by atoms with E-state index in [0.29, 0.717) is 5.92 Å². The third-order valence-corrected chi connectivity index (χ3v) is 2.02. The average molecular weight is 153 g/mol. The van der Waals surface area contributed by atoms with Gasteiger partial charge in [0.05, 0.1) is 0 Å². The van der Waals surface area contributed by atoms with Gasteiger partial charge >= 0.3 is 0 Å². The summed E-state index contributed by atoms with van der Waals surface area (Å²) in [5, 5.41) is 0. The highest BCUT2D eigenvalue weighted by molar-refractivity contribution is 5.02. The van der Waals surface area contributed by atoms with Gasteiger partial charge in [-0.2, -0.15) is 0 Å². The minimum absolute atomic E-state index is 0.546. The minimum Gasteiger partial charge on any atom is -0.381 e. The van der Waals surface area contributed by atoms with Gasteiger partial charge in [-0.15, -0.1) is 0 Å². The summed E-state index contributed by atoms with van der Waals surface area (Å²) in [5.41, 5.74) is 2.40. The Bertz CT molecular complexity index is 156. The van der Waals surface area contributed by atoms with Crippen LogP contribution in [0.1, 0.15) is 20.3 Å². The van der Waals surface area contributed by atoms with Gasteiger partial charge in [0.15, 0.2) is 0 Å². The molecule has 0 fully saturated rings. The molecule has 64 valence electrons. The third kappa shape index (κ3) is 3.87. The van der Waals surface area contributed by atoms with Crippen LogP contribution >= 0.6 is 0 Å². The van der Waals surface area contributed by atoms with Crippen molar-refractivity contribution in [3.05, 3.63) is 24.4 Å². The Morgan fingerprint density at radius 3 is 2.09 bits per heavy atom. The molecular formula is C10H19N. The van der Waals surface area contributed by atoms with E-state index in [0.717, 1.165) is 6.42 Å². The molecule has 0 aliphatic carbocycles. The number of rotatable bonds is 4. The van der Waals surface area contributed by atoms with Crippen LogP contribution in [0.5, 0.6) is 0 Å². The second kappa shape index (κ2) is 4.22. The molecule has 11 heavy (non-hydrogen) atoms. The SMILES string of the molecule is C=C(C)C(C)CC(=C)N(C)C. The summed E-state index contributed by atoms with van der Waals surface area (Å²) in [5.74, 6) is 0.546. The summed E-state index contributed by atoms with van der Waals surface area (Å²) in [6.07, 6.45) is 1.02. The van der Waals surface area contributed by atoms with E-state index in [1.54, 1.807) is 0 Å². The molecule has 0 aromatic rings. The molecule has 1 nitrogen and oxygen atoms in total. The fraction of sp³-hybridized carbons (Fsp3) is 0.600. The van der Waals surface area contributed by atoms with Gasteiger partial charge in [-0.1, -0.05) is 25.7 Å². The Kier molecular flexibility index (Phi) is 3.94. The van der Waals surface area contributed by atoms with Crippen molar-refractivity contribution < 1.29 is 0 Å². The van der Waals surface area contributed by atoms with Crippen LogP contribution in [0.3, 0.4) is 0 Å². The third-order valence-electron chi connectivity index (χ3n) is 2.02. The van der Waals surface area contributed by atoms with Crippen molar-refractivity contribution in [2.45, 2.75) is 20.3 Å². The van der Waals surface area contributed by atoms with Gasteiger partial charge in [0.2, 0.25) is 0 Å². The Balaban J connectivity index is 3.85. The topological polar surface area (TPSA) is 3.24 Å². The quantitative estimate of drug-likeness (QED) is 0.561. The van der Waals surface area contributed by atoms with Gasteiger partial charge in [0.1, 0.15) is 0 Å². The second-order valence-electron chi connectivity index (χ2n) is 3.41. The smallest absolute Gasteiger partial charge is 0.00603 e. The zero-order valence-electron chi connectivity index (χ0n) is 8.15. The van der Waals surface area contributed by atoms with Gasteiger partial charge in [-0.05, 0) is 19.3 Å². The van der Waals surface area contributed by atoms with Crippen molar-refractivity contribution in [3.63, 3.8) is 0 Å². The molecule has 0 saturated heterocycles. The lowest BCUT2D eigenvalue weighted by Gasteiger charge is -2.19. The molecule has 0 aromatic carbocycles. The van der Waals surface area contributed by atoms with Crippen LogP contribution in [-0.2, 0) is 0 Å². The predicted molar refractivity (Wildman–Crippen MR) is 51.4 cm³/mol. The van der Waals surface area contributed by atoms with E-state index in [1.165, 1.54) is 11.3 Å². The molecule has 0 amide bonds. The Labute approximate surface area is 70.4 Å². The first kappa shape index (κ1) is 10.3. The molecule has 0 N–H and O–H groups in total. The van der Waals surface area contributed by atoms with E-state index in [4.69, 9.17) is 0 Å². The van der Waals surface area contributed by atoms with Crippen LogP contribution in [0.2, 0.25) is 0 Å². The number of hydrogen-bond acceptors (Lipinski definition) is 1. The molecule has 0 spiro atoms. The molecule has 1 atom stereocenters. The van der Waals surface area contributed by atoms with Crippen molar-refractivity contribution in [1.82, 2.24) is 4.90 Å². The van der Waals surface area contributed by atoms with Crippen molar-refractivity contribution in [3.8, 4) is 0 Å². The monoisotopic (exact) mass is 153 g/mol. The van der Waals surface area contributed by atoms with E-state index in [-0.39, 0.29) is 0 Å². The largest absolute Gasteiger partial charge is 0.381 e. The zero-order valence-corrected chi connectivity index (χ0v) is 8.15. The van der Waals surface area contributed by atoms with Crippen LogP contribution < -0.4 is 0 Å². The summed E-state index contributed by atoms with van der Waals surface area (Å²) in [6, 6.07) is 0. The number of allylic oxidation sites excluding steroid dienone is 2. The lowest BCUT2D eigenvalue weighted by molar-refractivity contribution is 0.462. The predicted octanol–water partition coefficient (Wildman–Crippen LogP) is 2.66. The lowest BCUT2D eigenvalue weighted by Crippen LogP contribution is -2.12. The Hall–Kier alpha value is -0.720. The Morgan fingerprint density at radius 2 is 1.82 bits per heavy atom. The molecule has 0 aromatic heterocycles. The summed E-state index contributed by atoms with van der Waals surface area (Å²) >= 11 is 0. The Morgan fingerprint density at radius 1 is 1.36 bits per heavy atom. The molecule has 0 aliphatic rings. The maximum atomic E-state index is 3.96. The molecule has 0 heterocycles. The van der Waals surface area contributed by atoms with E-state index in [1.807, 2.05) is 14.1 Å². The molecular weight excluding hydrogens is 134 g/mol. The van der Waals surface area contributed by atoms with Crippen LogP contribution in [0.15, 0.2) is 24.4 Å². The highest BCUT2D eigenvalue weighted by Gasteiger charge is 2.05. The molecule has 1 unspecified atom stereocenters. The van der Waals surface area contributed by atoms with E-state index >= 15 is 0 Å². The fourth-order valence-electron chi connectivity index (χ4n) is 0.710. The first-order valence-electron chi connectivity index (χ1n) is 3.95. The highest BCUT2D eigenvalue weighted by Crippen LogP contribution is 2.17. The van der Waals surface area contributed by atoms with Crippen molar-refractivity contribution in [2.24, 2.45) is 5.92 Å². The summed E-state index contributed by atoms with van der Waals surface area (Å²) in [7, 11) is 4.04. The van der Waals surface area contributed by atoms with Gasteiger partial charge < -0.3 is 4.90 Å². The molecule has 0 radical (unpaired) electrons. The lowest BCUT2D eigenvalue weighted by atomic mass is 9.99. The van der Waals surface area contributed by atoms with Gasteiger partial charge in [-0.3, -0.25) is 0 Å². The zero-order chi connectivity index (χ0) is 9.02. The standard InChI is InChI=1S/C10H19N/c1-8(2)9(3)7-10(4)11(5)6/h9H,1,4,7H2,2-3,5-6H3. The maximum Gasteiger partial charge on any atom is 0.00603 e. The van der Waals surface area contributed by atoms with E-state index in [2.05, 4.69) is 31.9 Å². The first-order chi connectivity index (χ1) is 4.95. The minimum atomic E-state index is 0.546. The van der Waals surface area contributed by atoms with Gasteiger partial charge in [0.25, 0.3) is 0 Å². The molecule has 0 rings (SSSR count). The summed E-state index contributed by atoms with van der Waals surface area (Å²) < 4.78 is 0. The first-order valence-corrected chi connectivity index (χ1v) is 3.95. The summed E-state index contributed by atoms with van der Waals surface area (Å²) in [6.45, 7) is 12.1. The number of hydrogen-bond donors (Lipinski definition) is 0. The van der Waals surface area contributed by atoms with Gasteiger partial charge in [-0.25, -0.2) is 0 Å². The van der Waals surface area contributed by atoms with Crippen LogP contribution in [-0.4, -0.2) is 19.0 Å². The van der Waals surface area contributed by atoms with Crippen molar-refractivity contribution in [1.29, 1.82) is 0 Å². The molecule has 1 heteroatoms. The van der Waals surface area contributed by atoms with Crippen LogP contribution in [0, 0.1) is 5.92 Å². The average Bonchev–Trinajstić information content (AvgIpc) is 1.87. The van der Waals surface area contributed by atoms with Crippen LogP contribution in [0.4, 0.5) is 0 Å². The molecule has 0 bridgehead atoms. The van der Waals surface area contributed by atoms with E-state index < -0.39 is 0 Å². The molecule has 0 aliphatic heterocycles. The fourth-order valence-corrected chi connectivity index (χ4v) is 0.710. The van der Waals surface area contributed by atoms with Crippen LogP contribution in [0.25, 0.3) is 0 Å². The molecule has 0 saturated carbocycles. The second-order valence-corrected chi connectivity index (χ2v) is 3.41. The van der Waals surface area contributed by atoms with Gasteiger partial charge in [0, 0.05) is 19.8 Å².